The van der Waals surface area contributed by atoms with E-state index in [1.807, 2.05) is 18.8 Å². The Morgan fingerprint density at radius 2 is 2.25 bits per heavy atom. The minimum absolute atomic E-state index is 0.100. The minimum atomic E-state index is -0.208. The van der Waals surface area contributed by atoms with Crippen molar-refractivity contribution in [1.29, 1.82) is 0 Å². The average Bonchev–Trinajstić information content (AvgIpc) is 2.30. The maximum Gasteiger partial charge on any atom is 0.0701 e. The Morgan fingerprint density at radius 3 is 2.94 bits per heavy atom. The molecule has 2 saturated heterocycles. The van der Waals surface area contributed by atoms with Crippen LogP contribution in [0.3, 0.4) is 0 Å². The van der Waals surface area contributed by atoms with Gasteiger partial charge in [-0.25, -0.2) is 0 Å². The van der Waals surface area contributed by atoms with Crippen LogP contribution in [0.5, 0.6) is 0 Å². The van der Waals surface area contributed by atoms with Crippen molar-refractivity contribution in [1.82, 2.24) is 5.32 Å². The van der Waals surface area contributed by atoms with Crippen LogP contribution in [0.25, 0.3) is 0 Å². The average molecular weight is 245 g/mol. The first-order chi connectivity index (χ1) is 7.76. The Hall–Kier alpha value is 0.230. The highest BCUT2D eigenvalue weighted by Gasteiger charge is 2.40. The number of nitrogens with one attached hydrogen (secondary N) is 1. The third-order valence-corrected chi connectivity index (χ3v) is 4.88. The second kappa shape index (κ2) is 5.71. The van der Waals surface area contributed by atoms with Crippen molar-refractivity contribution in [3.8, 4) is 0 Å². The van der Waals surface area contributed by atoms with Gasteiger partial charge in [0.05, 0.1) is 11.7 Å². The van der Waals surface area contributed by atoms with E-state index >= 15 is 0 Å². The third-order valence-electron chi connectivity index (χ3n) is 3.89. The molecule has 2 aliphatic heterocycles. The van der Waals surface area contributed by atoms with Gasteiger partial charge in [-0.3, -0.25) is 0 Å². The summed E-state index contributed by atoms with van der Waals surface area (Å²) < 4.78 is 6.02. The summed E-state index contributed by atoms with van der Waals surface area (Å²) in [7, 11) is 1.90. The molecule has 0 aromatic carbocycles. The van der Waals surface area contributed by atoms with Crippen LogP contribution in [-0.4, -0.2) is 48.5 Å². The van der Waals surface area contributed by atoms with Gasteiger partial charge in [-0.05, 0) is 50.2 Å². The normalized spacial score (nSPS) is 31.5. The van der Waals surface area contributed by atoms with Gasteiger partial charge in [0, 0.05) is 13.2 Å². The largest absolute Gasteiger partial charge is 0.392 e. The number of likely N-dealkylation sites (N-methyl/N-ethyl adjacent to an activating group) is 1. The van der Waals surface area contributed by atoms with Crippen LogP contribution in [0.15, 0.2) is 0 Å². The lowest BCUT2D eigenvalue weighted by molar-refractivity contribution is -0.119. The summed E-state index contributed by atoms with van der Waals surface area (Å²) >= 11 is 2.03. The molecule has 0 radical (unpaired) electrons. The molecule has 16 heavy (non-hydrogen) atoms. The molecule has 2 aliphatic rings. The fraction of sp³-hybridized carbons (Fsp3) is 1.00. The molecule has 2 unspecified atom stereocenters. The van der Waals surface area contributed by atoms with E-state index in [-0.39, 0.29) is 11.7 Å². The van der Waals surface area contributed by atoms with Crippen molar-refractivity contribution in [3.63, 3.8) is 0 Å². The molecule has 0 aromatic rings. The number of thioether (sulfide) groups is 1. The second-order valence-corrected chi connectivity index (χ2v) is 6.25. The Morgan fingerprint density at radius 1 is 1.50 bits per heavy atom. The molecule has 3 nitrogen and oxygen atoms in total. The van der Waals surface area contributed by atoms with Crippen molar-refractivity contribution < 1.29 is 9.84 Å². The maximum atomic E-state index is 10.1. The predicted molar refractivity (Wildman–Crippen MR) is 67.9 cm³/mol. The van der Waals surface area contributed by atoms with E-state index in [0.717, 1.165) is 19.4 Å². The highest BCUT2D eigenvalue weighted by Crippen LogP contribution is 2.40. The van der Waals surface area contributed by atoms with Crippen LogP contribution in [-0.2, 0) is 4.74 Å². The van der Waals surface area contributed by atoms with Crippen molar-refractivity contribution in [2.75, 3.05) is 31.7 Å². The first kappa shape index (κ1) is 12.7. The van der Waals surface area contributed by atoms with Gasteiger partial charge >= 0.3 is 0 Å². The first-order valence-corrected chi connectivity index (χ1v) is 7.46. The number of aliphatic hydroxyl groups excluding tert-OH is 1. The fourth-order valence-corrected chi connectivity index (χ4v) is 4.10. The summed E-state index contributed by atoms with van der Waals surface area (Å²) in [4.78, 5) is 0. The number of hydrogen-bond donors (Lipinski definition) is 2. The summed E-state index contributed by atoms with van der Waals surface area (Å²) in [5.41, 5.74) is 0.100. The monoisotopic (exact) mass is 245 g/mol. The van der Waals surface area contributed by atoms with Crippen molar-refractivity contribution >= 4 is 11.8 Å². The molecule has 2 rings (SSSR count). The Labute approximate surface area is 102 Å². The fourth-order valence-electron chi connectivity index (χ4n) is 2.86. The predicted octanol–water partition coefficient (Wildman–Crippen LogP) is 1.26. The highest BCUT2D eigenvalue weighted by atomic mass is 32.2. The van der Waals surface area contributed by atoms with E-state index in [1.54, 1.807) is 0 Å². The summed E-state index contributed by atoms with van der Waals surface area (Å²) in [6.45, 7) is 1.53. The highest BCUT2D eigenvalue weighted by molar-refractivity contribution is 7.99. The molecule has 2 N–H and O–H groups in total. The molecular formula is C12H23NO2S. The van der Waals surface area contributed by atoms with Crippen molar-refractivity contribution in [2.45, 2.75) is 37.4 Å². The molecule has 0 amide bonds. The molecule has 94 valence electrons. The summed E-state index contributed by atoms with van der Waals surface area (Å²) in [5, 5.41) is 13.1. The number of ether oxygens (including phenoxy) is 1. The Kier molecular flexibility index (Phi) is 4.53. The Bertz CT molecular complexity index is 214. The van der Waals surface area contributed by atoms with Crippen LogP contribution >= 0.6 is 11.8 Å². The van der Waals surface area contributed by atoms with Gasteiger partial charge in [-0.15, -0.1) is 0 Å². The third kappa shape index (κ3) is 2.92. The molecular weight excluding hydrogens is 222 g/mol. The summed E-state index contributed by atoms with van der Waals surface area (Å²) in [6.07, 6.45) is 4.19. The van der Waals surface area contributed by atoms with E-state index < -0.39 is 0 Å². The van der Waals surface area contributed by atoms with Gasteiger partial charge in [0.1, 0.15) is 0 Å². The SMILES string of the molecule is CNCC(O)C1CCOC2(CCSCC2)C1. The van der Waals surface area contributed by atoms with Crippen LogP contribution < -0.4 is 5.32 Å². The first-order valence-electron chi connectivity index (χ1n) is 6.30. The molecule has 0 saturated carbocycles. The molecule has 2 atom stereocenters. The quantitative estimate of drug-likeness (QED) is 0.785. The smallest absolute Gasteiger partial charge is 0.0701 e. The van der Waals surface area contributed by atoms with Gasteiger partial charge in [0.2, 0.25) is 0 Å². The van der Waals surface area contributed by atoms with Crippen LogP contribution in [0, 0.1) is 5.92 Å². The van der Waals surface area contributed by atoms with Crippen molar-refractivity contribution in [2.24, 2.45) is 5.92 Å². The van der Waals surface area contributed by atoms with Gasteiger partial charge < -0.3 is 15.2 Å². The van der Waals surface area contributed by atoms with Crippen LogP contribution in [0.2, 0.25) is 0 Å². The van der Waals surface area contributed by atoms with Crippen LogP contribution in [0.1, 0.15) is 25.7 Å². The van der Waals surface area contributed by atoms with Gasteiger partial charge in [-0.2, -0.15) is 11.8 Å². The van der Waals surface area contributed by atoms with E-state index in [1.165, 1.54) is 24.3 Å². The summed E-state index contributed by atoms with van der Waals surface area (Å²) in [6, 6.07) is 0. The van der Waals surface area contributed by atoms with Gasteiger partial charge in [0.25, 0.3) is 0 Å². The molecule has 0 aromatic heterocycles. The standard InChI is InChI=1S/C12H23NO2S/c1-13-9-11(14)10-2-5-15-12(8-10)3-6-16-7-4-12/h10-11,13-14H,2-9H2,1H3. The van der Waals surface area contributed by atoms with Crippen LogP contribution in [0.4, 0.5) is 0 Å². The van der Waals surface area contributed by atoms with E-state index in [9.17, 15) is 5.11 Å². The molecule has 2 fully saturated rings. The van der Waals surface area contributed by atoms with Gasteiger partial charge in [-0.1, -0.05) is 0 Å². The van der Waals surface area contributed by atoms with Gasteiger partial charge in [0.15, 0.2) is 0 Å². The summed E-state index contributed by atoms with van der Waals surface area (Å²) in [5.74, 6) is 2.85. The molecule has 0 bridgehead atoms. The topological polar surface area (TPSA) is 41.5 Å². The number of hydrogen-bond acceptors (Lipinski definition) is 4. The number of rotatable bonds is 3. The second-order valence-electron chi connectivity index (χ2n) is 5.02. The lowest BCUT2D eigenvalue weighted by Gasteiger charge is -2.44. The Balaban J connectivity index is 1.92. The molecule has 2 heterocycles. The lowest BCUT2D eigenvalue weighted by Crippen LogP contribution is -2.46. The zero-order valence-electron chi connectivity index (χ0n) is 10.1. The molecule has 0 aliphatic carbocycles. The molecule has 4 heteroatoms. The lowest BCUT2D eigenvalue weighted by atomic mass is 9.79. The maximum absolute atomic E-state index is 10.1. The van der Waals surface area contributed by atoms with E-state index in [0.29, 0.717) is 12.5 Å². The number of aliphatic hydroxyl groups is 1. The zero-order chi connectivity index (χ0) is 11.4. The van der Waals surface area contributed by atoms with E-state index in [4.69, 9.17) is 4.74 Å². The van der Waals surface area contributed by atoms with E-state index in [2.05, 4.69) is 5.32 Å². The molecule has 1 spiro atoms. The van der Waals surface area contributed by atoms with Crippen molar-refractivity contribution in [3.05, 3.63) is 0 Å². The minimum Gasteiger partial charge on any atom is -0.392 e. The zero-order valence-corrected chi connectivity index (χ0v) is 10.9.